The Morgan fingerprint density at radius 3 is 2.61 bits per heavy atom. The van der Waals surface area contributed by atoms with E-state index in [4.69, 9.17) is 11.6 Å². The number of aliphatic hydroxyl groups excluding tert-OH is 1. The number of pyridine rings is 1. The summed E-state index contributed by atoms with van der Waals surface area (Å²) in [5, 5.41) is 10.9. The maximum absolute atomic E-state index is 13.1. The van der Waals surface area contributed by atoms with Crippen LogP contribution in [-0.4, -0.2) is 19.6 Å². The molecule has 0 aliphatic carbocycles. The number of hydrogen-bond acceptors (Lipinski definition) is 3. The second-order valence-electron chi connectivity index (χ2n) is 5.27. The monoisotopic (exact) mass is 331 g/mol. The Bertz CT molecular complexity index is 804. The minimum absolute atomic E-state index is 0.0972. The van der Waals surface area contributed by atoms with Gasteiger partial charge in [0.15, 0.2) is 0 Å². The lowest BCUT2D eigenvalue weighted by atomic mass is 10.1. The number of rotatable bonds is 4. The summed E-state index contributed by atoms with van der Waals surface area (Å²) >= 11 is 5.88. The van der Waals surface area contributed by atoms with Gasteiger partial charge in [-0.25, -0.2) is 14.4 Å². The Kier molecular flexibility index (Phi) is 4.41. The molecule has 2 atom stereocenters. The van der Waals surface area contributed by atoms with Crippen LogP contribution in [-0.2, 0) is 0 Å². The summed E-state index contributed by atoms with van der Waals surface area (Å²) in [5.74, 6) is -0.279. The molecule has 0 fully saturated rings. The van der Waals surface area contributed by atoms with E-state index in [9.17, 15) is 9.50 Å². The average Bonchev–Trinajstić information content (AvgIpc) is 3.03. The number of aromatic nitrogens is 3. The van der Waals surface area contributed by atoms with Gasteiger partial charge in [0, 0.05) is 6.20 Å². The molecule has 6 heteroatoms. The summed E-state index contributed by atoms with van der Waals surface area (Å²) in [7, 11) is 0. The van der Waals surface area contributed by atoms with Crippen molar-refractivity contribution in [2.24, 2.45) is 0 Å². The van der Waals surface area contributed by atoms with E-state index in [1.165, 1.54) is 12.1 Å². The molecule has 23 heavy (non-hydrogen) atoms. The lowest BCUT2D eigenvalue weighted by Gasteiger charge is -2.20. The number of imidazole rings is 1. The molecule has 0 spiro atoms. The van der Waals surface area contributed by atoms with Crippen LogP contribution in [0.25, 0.3) is 0 Å². The van der Waals surface area contributed by atoms with Crippen LogP contribution in [0.2, 0.25) is 5.15 Å². The number of benzene rings is 1. The molecule has 3 aromatic rings. The lowest BCUT2D eigenvalue weighted by Crippen LogP contribution is -2.13. The van der Waals surface area contributed by atoms with Gasteiger partial charge in [0.05, 0.1) is 24.3 Å². The maximum Gasteiger partial charge on any atom is 0.129 e. The van der Waals surface area contributed by atoms with Gasteiger partial charge in [0.25, 0.3) is 0 Å². The van der Waals surface area contributed by atoms with E-state index in [1.807, 2.05) is 11.5 Å². The fourth-order valence-corrected chi connectivity index (χ4v) is 2.69. The van der Waals surface area contributed by atoms with Gasteiger partial charge in [-0.2, -0.15) is 0 Å². The highest BCUT2D eigenvalue weighted by Gasteiger charge is 2.19. The highest BCUT2D eigenvalue weighted by molar-refractivity contribution is 6.29. The van der Waals surface area contributed by atoms with Crippen LogP contribution in [0.1, 0.15) is 35.9 Å². The number of nitrogens with zero attached hydrogens (tertiary/aromatic N) is 3. The van der Waals surface area contributed by atoms with Gasteiger partial charge in [-0.05, 0) is 42.3 Å². The Hall–Kier alpha value is -2.24. The Balaban J connectivity index is 1.94. The smallest absolute Gasteiger partial charge is 0.129 e. The molecule has 0 radical (unpaired) electrons. The van der Waals surface area contributed by atoms with Gasteiger partial charge in [-0.1, -0.05) is 23.7 Å². The van der Waals surface area contributed by atoms with E-state index < -0.39 is 6.10 Å². The van der Waals surface area contributed by atoms with E-state index in [1.54, 1.807) is 43.0 Å². The molecule has 2 unspecified atom stereocenters. The van der Waals surface area contributed by atoms with Crippen molar-refractivity contribution in [3.8, 4) is 0 Å². The second-order valence-corrected chi connectivity index (χ2v) is 5.65. The zero-order valence-electron chi connectivity index (χ0n) is 12.4. The van der Waals surface area contributed by atoms with E-state index in [0.717, 1.165) is 5.56 Å². The molecular weight excluding hydrogens is 317 g/mol. The Labute approximate surface area is 138 Å². The van der Waals surface area contributed by atoms with Crippen LogP contribution in [0.4, 0.5) is 4.39 Å². The fourth-order valence-electron chi connectivity index (χ4n) is 2.51. The highest BCUT2D eigenvalue weighted by atomic mass is 35.5. The third kappa shape index (κ3) is 3.25. The molecule has 3 rings (SSSR count). The third-order valence-corrected chi connectivity index (χ3v) is 4.02. The number of hydrogen-bond donors (Lipinski definition) is 1. The predicted molar refractivity (Wildman–Crippen MR) is 85.7 cm³/mol. The van der Waals surface area contributed by atoms with Crippen LogP contribution in [0.15, 0.2) is 55.1 Å². The van der Waals surface area contributed by atoms with Gasteiger partial charge in [0.1, 0.15) is 17.1 Å². The first-order valence-electron chi connectivity index (χ1n) is 7.13. The Morgan fingerprint density at radius 2 is 1.91 bits per heavy atom. The molecule has 0 aliphatic heterocycles. The van der Waals surface area contributed by atoms with Crippen molar-refractivity contribution in [1.29, 1.82) is 0 Å². The van der Waals surface area contributed by atoms with Crippen molar-refractivity contribution in [3.63, 3.8) is 0 Å². The molecule has 0 saturated heterocycles. The van der Waals surface area contributed by atoms with E-state index in [-0.39, 0.29) is 11.9 Å². The zero-order valence-corrected chi connectivity index (χ0v) is 13.2. The predicted octanol–water partition coefficient (Wildman–Crippen LogP) is 3.76. The zero-order chi connectivity index (χ0) is 16.4. The van der Waals surface area contributed by atoms with Crippen molar-refractivity contribution in [3.05, 3.63) is 82.9 Å². The molecule has 0 saturated carbocycles. The highest BCUT2D eigenvalue weighted by Crippen LogP contribution is 2.27. The number of halogens is 2. The van der Waals surface area contributed by atoms with E-state index >= 15 is 0 Å². The van der Waals surface area contributed by atoms with Crippen LogP contribution in [0.5, 0.6) is 0 Å². The van der Waals surface area contributed by atoms with Crippen molar-refractivity contribution in [1.82, 2.24) is 14.5 Å². The molecule has 0 amide bonds. The van der Waals surface area contributed by atoms with Crippen LogP contribution in [0.3, 0.4) is 0 Å². The van der Waals surface area contributed by atoms with E-state index in [0.29, 0.717) is 16.4 Å². The maximum atomic E-state index is 13.1. The SMILES string of the molecule is CC(c1ccc(F)cc1)n1cncc1C(O)c1ccnc(Cl)c1. The van der Waals surface area contributed by atoms with Crippen LogP contribution >= 0.6 is 11.6 Å². The lowest BCUT2D eigenvalue weighted by molar-refractivity contribution is 0.208. The topological polar surface area (TPSA) is 50.9 Å². The van der Waals surface area contributed by atoms with Crippen molar-refractivity contribution in [2.75, 3.05) is 0 Å². The van der Waals surface area contributed by atoms with Gasteiger partial charge in [-0.15, -0.1) is 0 Å². The van der Waals surface area contributed by atoms with Crippen molar-refractivity contribution < 1.29 is 9.50 Å². The molecule has 1 N–H and O–H groups in total. The molecular formula is C17H15ClFN3O. The van der Waals surface area contributed by atoms with Gasteiger partial charge in [-0.3, -0.25) is 0 Å². The number of aliphatic hydroxyl groups is 1. The first-order valence-corrected chi connectivity index (χ1v) is 7.51. The van der Waals surface area contributed by atoms with Gasteiger partial charge in [0.2, 0.25) is 0 Å². The standard InChI is InChI=1S/C17H15ClFN3O/c1-11(12-2-4-14(19)5-3-12)22-10-20-9-15(22)17(23)13-6-7-21-16(18)8-13/h2-11,17,23H,1H3. The molecule has 118 valence electrons. The minimum atomic E-state index is -0.874. The van der Waals surface area contributed by atoms with Crippen molar-refractivity contribution >= 4 is 11.6 Å². The van der Waals surface area contributed by atoms with Crippen molar-refractivity contribution in [2.45, 2.75) is 19.1 Å². The van der Waals surface area contributed by atoms with Crippen LogP contribution < -0.4 is 0 Å². The van der Waals surface area contributed by atoms with E-state index in [2.05, 4.69) is 9.97 Å². The quantitative estimate of drug-likeness (QED) is 0.740. The van der Waals surface area contributed by atoms with Crippen LogP contribution in [0, 0.1) is 5.82 Å². The molecule has 0 bridgehead atoms. The first-order chi connectivity index (χ1) is 11.1. The largest absolute Gasteiger partial charge is 0.382 e. The summed E-state index contributed by atoms with van der Waals surface area (Å²) in [6.45, 7) is 1.96. The molecule has 2 aromatic heterocycles. The summed E-state index contributed by atoms with van der Waals surface area (Å²) in [6.07, 6.45) is 3.93. The summed E-state index contributed by atoms with van der Waals surface area (Å²) in [6, 6.07) is 9.50. The normalized spacial score (nSPS) is 13.7. The van der Waals surface area contributed by atoms with Gasteiger partial charge < -0.3 is 9.67 Å². The minimum Gasteiger partial charge on any atom is -0.382 e. The summed E-state index contributed by atoms with van der Waals surface area (Å²) < 4.78 is 14.9. The fraction of sp³-hybridized carbons (Fsp3) is 0.176. The van der Waals surface area contributed by atoms with Gasteiger partial charge >= 0.3 is 0 Å². The molecule has 4 nitrogen and oxygen atoms in total. The second kappa shape index (κ2) is 6.48. The first kappa shape index (κ1) is 15.6. The molecule has 1 aromatic carbocycles. The summed E-state index contributed by atoms with van der Waals surface area (Å²) in [4.78, 5) is 8.05. The Morgan fingerprint density at radius 1 is 1.17 bits per heavy atom. The molecule has 2 heterocycles. The third-order valence-electron chi connectivity index (χ3n) is 3.81. The summed E-state index contributed by atoms with van der Waals surface area (Å²) in [5.41, 5.74) is 2.19. The molecule has 0 aliphatic rings. The average molecular weight is 332 g/mol.